The predicted molar refractivity (Wildman–Crippen MR) is 137 cm³/mol. The van der Waals surface area contributed by atoms with E-state index in [0.717, 1.165) is 0 Å². The number of carbonyl (C=O) groups is 1. The topological polar surface area (TPSA) is 135 Å². The van der Waals surface area contributed by atoms with Gasteiger partial charge in [-0.2, -0.15) is 3.71 Å². The summed E-state index contributed by atoms with van der Waals surface area (Å²) in [5, 5.41) is 8.13. The fourth-order valence-electron chi connectivity index (χ4n) is 4.12. The summed E-state index contributed by atoms with van der Waals surface area (Å²) in [4.78, 5) is 19.5. The quantitative estimate of drug-likeness (QED) is 0.432. The van der Waals surface area contributed by atoms with E-state index < -0.39 is 37.5 Å². The monoisotopic (exact) mass is 532 g/mol. The lowest BCUT2D eigenvalue weighted by Gasteiger charge is -2.26. The highest BCUT2D eigenvalue weighted by Gasteiger charge is 2.40. The first kappa shape index (κ1) is 25.8. The maximum Gasteiger partial charge on any atom is 0.260 e. The molecule has 36 heavy (non-hydrogen) atoms. The summed E-state index contributed by atoms with van der Waals surface area (Å²) in [6, 6.07) is 8.42. The highest BCUT2D eigenvalue weighted by molar-refractivity contribution is 8.10. The van der Waals surface area contributed by atoms with Crippen molar-refractivity contribution in [3.63, 3.8) is 0 Å². The van der Waals surface area contributed by atoms with Gasteiger partial charge >= 0.3 is 0 Å². The molecular formula is C23H28N6O5S2. The largest absolute Gasteiger partial charge is 0.310 e. The molecule has 13 heteroatoms. The highest BCUT2D eigenvalue weighted by atomic mass is 32.3. The summed E-state index contributed by atoms with van der Waals surface area (Å²) >= 11 is 0. The first-order valence-electron chi connectivity index (χ1n) is 11.5. The van der Waals surface area contributed by atoms with Gasteiger partial charge in [0.1, 0.15) is 17.8 Å². The molecule has 0 aliphatic carbocycles. The zero-order chi connectivity index (χ0) is 26.4. The van der Waals surface area contributed by atoms with Crippen LogP contribution in [0.3, 0.4) is 0 Å². The molecule has 0 saturated carbocycles. The number of sulfonamides is 2. The molecule has 0 unspecified atom stereocenters. The van der Waals surface area contributed by atoms with Gasteiger partial charge in [-0.3, -0.25) is 9.69 Å². The molecule has 0 saturated heterocycles. The summed E-state index contributed by atoms with van der Waals surface area (Å²) in [6.45, 7) is 8.34. The molecule has 192 valence electrons. The van der Waals surface area contributed by atoms with E-state index in [1.54, 1.807) is 43.6 Å². The summed E-state index contributed by atoms with van der Waals surface area (Å²) in [5.41, 5.74) is 1.51. The number of amides is 1. The van der Waals surface area contributed by atoms with Crippen molar-refractivity contribution in [2.24, 2.45) is 0 Å². The minimum absolute atomic E-state index is 0.00255. The zero-order valence-electron chi connectivity index (χ0n) is 20.7. The van der Waals surface area contributed by atoms with Crippen LogP contribution in [0.2, 0.25) is 0 Å². The third-order valence-electron chi connectivity index (χ3n) is 6.06. The lowest BCUT2D eigenvalue weighted by atomic mass is 10.0. The van der Waals surface area contributed by atoms with Crippen molar-refractivity contribution < 1.29 is 21.6 Å². The lowest BCUT2D eigenvalue weighted by Crippen LogP contribution is -2.40. The van der Waals surface area contributed by atoms with E-state index in [1.165, 1.54) is 18.7 Å². The maximum atomic E-state index is 13.4. The van der Waals surface area contributed by atoms with Crippen LogP contribution in [0.25, 0.3) is 11.5 Å². The second kappa shape index (κ2) is 9.28. The summed E-state index contributed by atoms with van der Waals surface area (Å²) in [5.74, 6) is -0.343. The van der Waals surface area contributed by atoms with Gasteiger partial charge in [-0.25, -0.2) is 21.8 Å². The highest BCUT2D eigenvalue weighted by Crippen LogP contribution is 2.39. The van der Waals surface area contributed by atoms with Gasteiger partial charge in [0.05, 0.1) is 23.7 Å². The van der Waals surface area contributed by atoms with Crippen LogP contribution in [-0.4, -0.2) is 54.0 Å². The van der Waals surface area contributed by atoms with E-state index in [-0.39, 0.29) is 23.8 Å². The molecule has 4 rings (SSSR count). The SMILES string of the molecule is CCS(=O)(=O)N(c1c(C)ccc2c1CN(c1cccc(-c3nncn3C(C)C)n1)C2=O)S(=O)(=O)CC. The molecular weight excluding hydrogens is 504 g/mol. The van der Waals surface area contributed by atoms with Gasteiger partial charge in [-0.15, -0.1) is 10.2 Å². The number of benzene rings is 1. The summed E-state index contributed by atoms with van der Waals surface area (Å²) < 4.78 is 54.3. The maximum absolute atomic E-state index is 13.4. The number of hydrogen-bond donors (Lipinski definition) is 0. The average Bonchev–Trinajstić information content (AvgIpc) is 3.46. The molecule has 0 N–H and O–H groups in total. The second-order valence-corrected chi connectivity index (χ2v) is 13.1. The Hall–Kier alpha value is -3.32. The van der Waals surface area contributed by atoms with E-state index in [0.29, 0.717) is 32.2 Å². The number of pyridine rings is 1. The van der Waals surface area contributed by atoms with E-state index in [4.69, 9.17) is 0 Å². The Morgan fingerprint density at radius 1 is 1.03 bits per heavy atom. The number of aryl methyl sites for hydroxylation is 1. The van der Waals surface area contributed by atoms with Crippen molar-refractivity contribution in [1.82, 2.24) is 19.7 Å². The van der Waals surface area contributed by atoms with Crippen LogP contribution in [0.15, 0.2) is 36.7 Å². The molecule has 1 amide bonds. The van der Waals surface area contributed by atoms with Crippen molar-refractivity contribution in [1.29, 1.82) is 0 Å². The van der Waals surface area contributed by atoms with Gasteiger partial charge < -0.3 is 4.57 Å². The number of hydrogen-bond acceptors (Lipinski definition) is 8. The second-order valence-electron chi connectivity index (χ2n) is 8.68. The standard InChI is InChI=1S/C23H28N6O5S2/c1-6-35(31,32)29(36(33,34)7-2)21-16(5)11-12-17-18(21)13-27(23(17)30)20-10-8-9-19(25-20)22-26-24-14-28(22)15(3)4/h8-12,14-15H,6-7,13H2,1-5H3. The number of fused-ring (bicyclic) bond motifs is 1. The Labute approximate surface area is 210 Å². The van der Waals surface area contributed by atoms with Gasteiger partial charge in [-0.05, 0) is 58.4 Å². The van der Waals surface area contributed by atoms with Crippen LogP contribution in [0.1, 0.15) is 55.2 Å². The number of carbonyl (C=O) groups excluding carboxylic acids is 1. The molecule has 3 aromatic rings. The molecule has 0 spiro atoms. The van der Waals surface area contributed by atoms with Crippen LogP contribution in [0.4, 0.5) is 11.5 Å². The first-order chi connectivity index (χ1) is 16.9. The predicted octanol–water partition coefficient (Wildman–Crippen LogP) is 2.90. The summed E-state index contributed by atoms with van der Waals surface area (Å²) in [6.07, 6.45) is 1.61. The van der Waals surface area contributed by atoms with E-state index in [1.807, 2.05) is 18.4 Å². The number of rotatable bonds is 8. The lowest BCUT2D eigenvalue weighted by molar-refractivity contribution is 0.0996. The number of aromatic nitrogens is 4. The molecule has 2 aromatic heterocycles. The third kappa shape index (κ3) is 4.26. The summed E-state index contributed by atoms with van der Waals surface area (Å²) in [7, 11) is -8.39. The number of anilines is 2. The van der Waals surface area contributed by atoms with E-state index >= 15 is 0 Å². The van der Waals surface area contributed by atoms with Gasteiger partial charge in [-0.1, -0.05) is 12.1 Å². The van der Waals surface area contributed by atoms with E-state index in [2.05, 4.69) is 15.2 Å². The average molecular weight is 533 g/mol. The van der Waals surface area contributed by atoms with Crippen LogP contribution in [0.5, 0.6) is 0 Å². The normalized spacial score (nSPS) is 13.9. The Kier molecular flexibility index (Phi) is 6.64. The third-order valence-corrected chi connectivity index (χ3v) is 10.3. The molecule has 1 aliphatic rings. The van der Waals surface area contributed by atoms with Crippen molar-refractivity contribution in [3.05, 3.63) is 53.3 Å². The number of nitrogens with zero attached hydrogens (tertiary/aromatic N) is 6. The van der Waals surface area contributed by atoms with Gasteiger partial charge in [0, 0.05) is 17.2 Å². The minimum atomic E-state index is -4.19. The Balaban J connectivity index is 1.83. The van der Waals surface area contributed by atoms with Gasteiger partial charge in [0.2, 0.25) is 20.0 Å². The van der Waals surface area contributed by atoms with Crippen LogP contribution in [0, 0.1) is 6.92 Å². The van der Waals surface area contributed by atoms with Crippen LogP contribution in [-0.2, 0) is 26.6 Å². The van der Waals surface area contributed by atoms with Crippen LogP contribution < -0.4 is 8.61 Å². The molecule has 1 aliphatic heterocycles. The van der Waals surface area contributed by atoms with Gasteiger partial charge in [0.15, 0.2) is 5.82 Å². The molecule has 11 nitrogen and oxygen atoms in total. The Morgan fingerprint density at radius 2 is 1.69 bits per heavy atom. The Morgan fingerprint density at radius 3 is 2.31 bits per heavy atom. The van der Waals surface area contributed by atoms with E-state index in [9.17, 15) is 21.6 Å². The molecule has 0 radical (unpaired) electrons. The smallest absolute Gasteiger partial charge is 0.260 e. The zero-order valence-corrected chi connectivity index (χ0v) is 22.3. The van der Waals surface area contributed by atoms with Crippen LogP contribution >= 0.6 is 0 Å². The fraction of sp³-hybridized carbons (Fsp3) is 0.391. The minimum Gasteiger partial charge on any atom is -0.310 e. The Bertz CT molecular complexity index is 1510. The molecule has 0 bridgehead atoms. The fourth-order valence-corrected chi connectivity index (χ4v) is 7.67. The van der Waals surface area contributed by atoms with Crippen molar-refractivity contribution in [3.8, 4) is 11.5 Å². The van der Waals surface area contributed by atoms with Crippen molar-refractivity contribution >= 4 is 37.5 Å². The van der Waals surface area contributed by atoms with Crippen molar-refractivity contribution in [2.75, 3.05) is 20.1 Å². The molecule has 0 fully saturated rings. The van der Waals surface area contributed by atoms with Crippen molar-refractivity contribution in [2.45, 2.75) is 47.2 Å². The molecule has 1 aromatic carbocycles. The van der Waals surface area contributed by atoms with Gasteiger partial charge in [0.25, 0.3) is 5.91 Å². The molecule has 3 heterocycles. The first-order valence-corrected chi connectivity index (χ1v) is 14.7. The molecule has 0 atom stereocenters.